The van der Waals surface area contributed by atoms with Crippen LogP contribution in [0.25, 0.3) is 0 Å². The highest BCUT2D eigenvalue weighted by Crippen LogP contribution is 2.43. The number of nitrogens with one attached hydrogen (secondary N) is 1. The minimum Gasteiger partial charge on any atom is -0.389 e. The van der Waals surface area contributed by atoms with Crippen molar-refractivity contribution in [1.82, 2.24) is 5.32 Å². The molecule has 2 atom stereocenters. The van der Waals surface area contributed by atoms with Gasteiger partial charge in [-0.15, -0.1) is 0 Å². The molecule has 2 rings (SSSR count). The maximum absolute atomic E-state index is 9.50. The molecular formula is C13H25NO3. The van der Waals surface area contributed by atoms with Crippen molar-refractivity contribution >= 4 is 0 Å². The summed E-state index contributed by atoms with van der Waals surface area (Å²) >= 11 is 0. The van der Waals surface area contributed by atoms with Gasteiger partial charge < -0.3 is 19.9 Å². The van der Waals surface area contributed by atoms with E-state index in [4.69, 9.17) is 9.47 Å². The molecule has 0 radical (unpaired) electrons. The fourth-order valence-electron chi connectivity index (χ4n) is 3.09. The maximum Gasteiger partial charge on any atom is 0.0897 e. The van der Waals surface area contributed by atoms with Crippen molar-refractivity contribution in [3.63, 3.8) is 0 Å². The van der Waals surface area contributed by atoms with E-state index in [2.05, 4.69) is 5.32 Å². The number of aliphatic hydroxyl groups excluding tert-OH is 1. The summed E-state index contributed by atoms with van der Waals surface area (Å²) in [6.45, 7) is 1.83. The zero-order valence-electron chi connectivity index (χ0n) is 10.8. The van der Waals surface area contributed by atoms with Crippen molar-refractivity contribution in [3.05, 3.63) is 0 Å². The van der Waals surface area contributed by atoms with Crippen LogP contribution < -0.4 is 5.32 Å². The van der Waals surface area contributed by atoms with Crippen molar-refractivity contribution in [2.45, 2.75) is 56.3 Å². The van der Waals surface area contributed by atoms with E-state index in [9.17, 15) is 5.11 Å². The lowest BCUT2D eigenvalue weighted by Gasteiger charge is -2.24. The van der Waals surface area contributed by atoms with E-state index in [1.807, 2.05) is 0 Å². The fourth-order valence-corrected chi connectivity index (χ4v) is 3.09. The second kappa shape index (κ2) is 6.14. The number of methoxy groups -OCH3 is 1. The zero-order chi connectivity index (χ0) is 12.1. The van der Waals surface area contributed by atoms with Crippen LogP contribution in [0, 0.1) is 0 Å². The number of hydrogen-bond acceptors (Lipinski definition) is 4. The van der Waals surface area contributed by atoms with Crippen molar-refractivity contribution in [2.24, 2.45) is 0 Å². The molecule has 1 aliphatic carbocycles. The Labute approximate surface area is 104 Å². The molecule has 2 N–H and O–H groups in total. The van der Waals surface area contributed by atoms with Crippen LogP contribution in [0.5, 0.6) is 0 Å². The second-order valence-electron chi connectivity index (χ2n) is 5.44. The topological polar surface area (TPSA) is 50.7 Å². The molecule has 1 saturated heterocycles. The van der Waals surface area contributed by atoms with Gasteiger partial charge in [-0.05, 0) is 25.7 Å². The first-order valence-electron chi connectivity index (χ1n) is 6.80. The van der Waals surface area contributed by atoms with Gasteiger partial charge in [0.15, 0.2) is 0 Å². The van der Waals surface area contributed by atoms with Gasteiger partial charge in [-0.2, -0.15) is 0 Å². The summed E-state index contributed by atoms with van der Waals surface area (Å²) in [4.78, 5) is 0. The van der Waals surface area contributed by atoms with Gasteiger partial charge in [0.05, 0.1) is 24.4 Å². The van der Waals surface area contributed by atoms with Crippen LogP contribution in [-0.2, 0) is 9.47 Å². The van der Waals surface area contributed by atoms with Gasteiger partial charge in [-0.25, -0.2) is 0 Å². The van der Waals surface area contributed by atoms with Crippen LogP contribution in [0.1, 0.15) is 38.5 Å². The van der Waals surface area contributed by atoms with Gasteiger partial charge in [-0.3, -0.25) is 0 Å². The number of hydrogen-bond donors (Lipinski definition) is 2. The van der Waals surface area contributed by atoms with Gasteiger partial charge in [0.1, 0.15) is 0 Å². The second-order valence-corrected chi connectivity index (χ2v) is 5.44. The number of rotatable bonds is 6. The smallest absolute Gasteiger partial charge is 0.0897 e. The minimum atomic E-state index is -0.415. The molecule has 0 aromatic carbocycles. The van der Waals surface area contributed by atoms with Crippen molar-refractivity contribution in [3.8, 4) is 0 Å². The third kappa shape index (κ3) is 3.65. The minimum absolute atomic E-state index is 0.220. The highest BCUT2D eigenvalue weighted by molar-refractivity contribution is 4.93. The van der Waals surface area contributed by atoms with E-state index in [-0.39, 0.29) is 5.60 Å². The highest BCUT2D eigenvalue weighted by Gasteiger charge is 2.41. The van der Waals surface area contributed by atoms with Crippen LogP contribution in [0.4, 0.5) is 0 Å². The van der Waals surface area contributed by atoms with Crippen LogP contribution in [0.15, 0.2) is 0 Å². The summed E-state index contributed by atoms with van der Waals surface area (Å²) in [5, 5.41) is 12.8. The average Bonchev–Trinajstić information content (AvgIpc) is 2.91. The van der Waals surface area contributed by atoms with Crippen molar-refractivity contribution in [1.29, 1.82) is 0 Å². The van der Waals surface area contributed by atoms with E-state index >= 15 is 0 Å². The van der Waals surface area contributed by atoms with Crippen LogP contribution >= 0.6 is 0 Å². The third-order valence-electron chi connectivity index (χ3n) is 3.96. The van der Waals surface area contributed by atoms with E-state index in [1.54, 1.807) is 7.11 Å². The molecule has 0 aromatic rings. The Morgan fingerprint density at radius 1 is 1.41 bits per heavy atom. The first-order chi connectivity index (χ1) is 8.24. The van der Waals surface area contributed by atoms with E-state index < -0.39 is 6.10 Å². The molecule has 0 aromatic heterocycles. The van der Waals surface area contributed by atoms with Gasteiger partial charge >= 0.3 is 0 Å². The fraction of sp³-hybridized carbons (Fsp3) is 1.00. The van der Waals surface area contributed by atoms with Gasteiger partial charge in [0.25, 0.3) is 0 Å². The number of aliphatic hydroxyl groups is 1. The zero-order valence-corrected chi connectivity index (χ0v) is 10.8. The molecule has 2 aliphatic rings. The van der Waals surface area contributed by atoms with Crippen LogP contribution in [0.3, 0.4) is 0 Å². The van der Waals surface area contributed by atoms with Gasteiger partial charge in [-0.1, -0.05) is 12.8 Å². The first kappa shape index (κ1) is 13.3. The third-order valence-corrected chi connectivity index (χ3v) is 3.96. The molecule has 2 unspecified atom stereocenters. The Balaban J connectivity index is 1.61. The predicted octanol–water partition coefficient (Wildman–Crippen LogP) is 1.08. The Morgan fingerprint density at radius 3 is 2.88 bits per heavy atom. The molecule has 17 heavy (non-hydrogen) atoms. The van der Waals surface area contributed by atoms with Crippen LogP contribution in [0.2, 0.25) is 0 Å². The molecule has 1 aliphatic heterocycles. The standard InChI is InChI=1S/C13H25NO3/c1-16-10-11(15)8-14-9-12-4-7-13(17-12)5-2-3-6-13/h11-12,14-15H,2-10H2,1H3. The molecule has 4 nitrogen and oxygen atoms in total. The summed E-state index contributed by atoms with van der Waals surface area (Å²) in [5.74, 6) is 0. The molecule has 1 spiro atoms. The summed E-state index contributed by atoms with van der Waals surface area (Å²) in [7, 11) is 1.60. The molecule has 4 heteroatoms. The highest BCUT2D eigenvalue weighted by atomic mass is 16.5. The van der Waals surface area contributed by atoms with Gasteiger partial charge in [0, 0.05) is 20.2 Å². The lowest BCUT2D eigenvalue weighted by Crippen LogP contribution is -2.36. The Bertz CT molecular complexity index is 229. The Kier molecular flexibility index (Phi) is 4.79. The summed E-state index contributed by atoms with van der Waals surface area (Å²) < 4.78 is 11.1. The normalized spacial score (nSPS) is 28.9. The van der Waals surface area contributed by atoms with E-state index in [1.165, 1.54) is 32.1 Å². The molecule has 0 amide bonds. The van der Waals surface area contributed by atoms with E-state index in [0.717, 1.165) is 13.0 Å². The first-order valence-corrected chi connectivity index (χ1v) is 6.80. The Hall–Kier alpha value is -0.160. The lowest BCUT2D eigenvalue weighted by molar-refractivity contribution is -0.0362. The molecular weight excluding hydrogens is 218 g/mol. The monoisotopic (exact) mass is 243 g/mol. The lowest BCUT2D eigenvalue weighted by atomic mass is 9.98. The van der Waals surface area contributed by atoms with Crippen molar-refractivity contribution < 1.29 is 14.6 Å². The van der Waals surface area contributed by atoms with Crippen LogP contribution in [-0.4, -0.2) is 49.7 Å². The Morgan fingerprint density at radius 2 is 2.18 bits per heavy atom. The quantitative estimate of drug-likeness (QED) is 0.733. The predicted molar refractivity (Wildman–Crippen MR) is 66.1 cm³/mol. The van der Waals surface area contributed by atoms with Crippen molar-refractivity contribution in [2.75, 3.05) is 26.8 Å². The maximum atomic E-state index is 9.50. The molecule has 0 bridgehead atoms. The molecule has 100 valence electrons. The average molecular weight is 243 g/mol. The largest absolute Gasteiger partial charge is 0.389 e. The van der Waals surface area contributed by atoms with Gasteiger partial charge in [0.2, 0.25) is 0 Å². The molecule has 1 heterocycles. The molecule has 2 fully saturated rings. The summed E-state index contributed by atoms with van der Waals surface area (Å²) in [5.41, 5.74) is 0.220. The summed E-state index contributed by atoms with van der Waals surface area (Å²) in [6, 6.07) is 0. The summed E-state index contributed by atoms with van der Waals surface area (Å²) in [6.07, 6.45) is 7.45. The SMILES string of the molecule is COCC(O)CNCC1CCC2(CCCC2)O1. The van der Waals surface area contributed by atoms with E-state index in [0.29, 0.717) is 19.3 Å². The number of ether oxygens (including phenoxy) is 2. The molecule has 1 saturated carbocycles.